The zero-order chi connectivity index (χ0) is 10.1. The summed E-state index contributed by atoms with van der Waals surface area (Å²) < 4.78 is 0.684. The maximum atomic E-state index is 5.80. The predicted molar refractivity (Wildman–Crippen MR) is 59.2 cm³/mol. The highest BCUT2D eigenvalue weighted by Gasteiger charge is 2.08. The number of hydrogen-bond acceptors (Lipinski definition) is 5. The number of rotatable bonds is 1. The summed E-state index contributed by atoms with van der Waals surface area (Å²) in [4.78, 5) is 8.88. The smallest absolute Gasteiger partial charge is 0.151 e. The Bertz CT molecular complexity index is 468. The van der Waals surface area contributed by atoms with E-state index in [4.69, 9.17) is 23.1 Å². The topological polar surface area (TPSA) is 77.8 Å². The van der Waals surface area contributed by atoms with Crippen LogP contribution in [0.4, 0.5) is 11.6 Å². The van der Waals surface area contributed by atoms with E-state index in [9.17, 15) is 0 Å². The van der Waals surface area contributed by atoms with E-state index in [-0.39, 0.29) is 0 Å². The van der Waals surface area contributed by atoms with Crippen molar-refractivity contribution in [1.29, 1.82) is 0 Å². The molecule has 0 saturated carbocycles. The number of nitrogens with two attached hydrogens (primary N) is 2. The van der Waals surface area contributed by atoms with Gasteiger partial charge in [0, 0.05) is 0 Å². The van der Waals surface area contributed by atoms with Crippen molar-refractivity contribution in [1.82, 2.24) is 9.97 Å². The standard InChI is InChI=1S/C8H7ClN4S/c9-5-2-1-4(14-5)7-8(11)12-3-6(10)13-7/h1-3H,(H2,10,13)(H2,11,12). The lowest BCUT2D eigenvalue weighted by Crippen LogP contribution is -1.99. The van der Waals surface area contributed by atoms with Gasteiger partial charge in [0.1, 0.15) is 11.5 Å². The minimum absolute atomic E-state index is 0.346. The Hall–Kier alpha value is -1.33. The van der Waals surface area contributed by atoms with Crippen molar-refractivity contribution in [2.24, 2.45) is 0 Å². The van der Waals surface area contributed by atoms with Crippen LogP contribution in [0.25, 0.3) is 10.6 Å². The van der Waals surface area contributed by atoms with Gasteiger partial charge in [-0.3, -0.25) is 0 Å². The maximum Gasteiger partial charge on any atom is 0.151 e. The maximum absolute atomic E-state index is 5.80. The van der Waals surface area contributed by atoms with Gasteiger partial charge in [0.2, 0.25) is 0 Å². The third-order valence-electron chi connectivity index (χ3n) is 1.63. The normalized spacial score (nSPS) is 10.4. The molecule has 0 saturated heterocycles. The van der Waals surface area contributed by atoms with Gasteiger partial charge in [-0.2, -0.15) is 0 Å². The molecule has 0 aliphatic carbocycles. The zero-order valence-electron chi connectivity index (χ0n) is 7.07. The summed E-state index contributed by atoms with van der Waals surface area (Å²) in [6, 6.07) is 3.62. The molecule has 0 radical (unpaired) electrons. The Morgan fingerprint density at radius 2 is 2.07 bits per heavy atom. The number of anilines is 2. The molecule has 0 bridgehead atoms. The molecule has 2 rings (SSSR count). The van der Waals surface area contributed by atoms with Gasteiger partial charge in [0.05, 0.1) is 15.4 Å². The van der Waals surface area contributed by atoms with Crippen LogP contribution < -0.4 is 11.5 Å². The van der Waals surface area contributed by atoms with Gasteiger partial charge in [-0.15, -0.1) is 11.3 Å². The Balaban J connectivity index is 2.55. The summed E-state index contributed by atoms with van der Waals surface area (Å²) in [5.74, 6) is 0.705. The summed E-state index contributed by atoms with van der Waals surface area (Å²) in [5.41, 5.74) is 11.8. The first-order valence-corrected chi connectivity index (χ1v) is 5.00. The van der Waals surface area contributed by atoms with Crippen LogP contribution in [-0.4, -0.2) is 9.97 Å². The van der Waals surface area contributed by atoms with E-state index in [0.29, 0.717) is 21.7 Å². The summed E-state index contributed by atoms with van der Waals surface area (Å²) >= 11 is 7.19. The third-order valence-corrected chi connectivity index (χ3v) is 2.86. The minimum Gasteiger partial charge on any atom is -0.382 e. The zero-order valence-corrected chi connectivity index (χ0v) is 8.64. The molecular formula is C8H7ClN4S. The molecule has 0 aliphatic rings. The fourth-order valence-electron chi connectivity index (χ4n) is 1.03. The van der Waals surface area contributed by atoms with Gasteiger partial charge < -0.3 is 11.5 Å². The lowest BCUT2D eigenvalue weighted by molar-refractivity contribution is 1.23. The molecule has 0 amide bonds. The molecule has 4 N–H and O–H groups in total. The SMILES string of the molecule is Nc1cnc(N)c(-c2ccc(Cl)s2)n1. The number of halogens is 1. The van der Waals surface area contributed by atoms with Gasteiger partial charge in [0.15, 0.2) is 5.82 Å². The van der Waals surface area contributed by atoms with Crippen LogP contribution in [0.5, 0.6) is 0 Å². The molecule has 14 heavy (non-hydrogen) atoms. The van der Waals surface area contributed by atoms with Gasteiger partial charge >= 0.3 is 0 Å². The molecule has 0 spiro atoms. The second-order valence-electron chi connectivity index (χ2n) is 2.63. The number of aromatic nitrogens is 2. The first-order chi connectivity index (χ1) is 6.66. The molecule has 4 nitrogen and oxygen atoms in total. The van der Waals surface area contributed by atoms with Crippen LogP contribution in [0.15, 0.2) is 18.3 Å². The predicted octanol–water partition coefficient (Wildman–Crippen LogP) is 2.02. The Kier molecular flexibility index (Phi) is 2.26. The van der Waals surface area contributed by atoms with Crippen molar-refractivity contribution >= 4 is 34.6 Å². The molecule has 0 atom stereocenters. The summed E-state index contributed by atoms with van der Waals surface area (Å²) in [5, 5.41) is 0. The highest BCUT2D eigenvalue weighted by Crippen LogP contribution is 2.32. The molecule has 0 aromatic carbocycles. The van der Waals surface area contributed by atoms with E-state index in [0.717, 1.165) is 4.88 Å². The Morgan fingerprint density at radius 3 is 2.71 bits per heavy atom. The van der Waals surface area contributed by atoms with Crippen LogP contribution in [0.1, 0.15) is 0 Å². The minimum atomic E-state index is 0.346. The van der Waals surface area contributed by atoms with Gasteiger partial charge in [-0.1, -0.05) is 11.6 Å². The Labute approximate surface area is 89.6 Å². The first-order valence-electron chi connectivity index (χ1n) is 3.80. The van der Waals surface area contributed by atoms with Gasteiger partial charge in [-0.05, 0) is 12.1 Å². The highest BCUT2D eigenvalue weighted by atomic mass is 35.5. The third kappa shape index (κ3) is 1.64. The molecule has 6 heteroatoms. The van der Waals surface area contributed by atoms with Crippen LogP contribution in [0, 0.1) is 0 Å². The summed E-state index contributed by atoms with van der Waals surface area (Å²) in [6.07, 6.45) is 1.42. The molecular weight excluding hydrogens is 220 g/mol. The number of hydrogen-bond donors (Lipinski definition) is 2. The van der Waals surface area contributed by atoms with Crippen LogP contribution in [0.3, 0.4) is 0 Å². The van der Waals surface area contributed by atoms with Gasteiger partial charge in [0.25, 0.3) is 0 Å². The van der Waals surface area contributed by atoms with Gasteiger partial charge in [-0.25, -0.2) is 9.97 Å². The first kappa shape index (κ1) is 9.23. The highest BCUT2D eigenvalue weighted by molar-refractivity contribution is 7.19. The van der Waals surface area contributed by atoms with E-state index in [1.54, 1.807) is 6.07 Å². The number of nitrogen functional groups attached to an aromatic ring is 2. The van der Waals surface area contributed by atoms with E-state index in [1.165, 1.54) is 17.5 Å². The Morgan fingerprint density at radius 1 is 1.29 bits per heavy atom. The van der Waals surface area contributed by atoms with E-state index in [1.807, 2.05) is 6.07 Å². The second kappa shape index (κ2) is 3.43. The summed E-state index contributed by atoms with van der Waals surface area (Å²) in [6.45, 7) is 0. The fraction of sp³-hybridized carbons (Fsp3) is 0. The number of nitrogens with zero attached hydrogens (tertiary/aromatic N) is 2. The molecule has 2 heterocycles. The molecule has 72 valence electrons. The van der Waals surface area contributed by atoms with E-state index in [2.05, 4.69) is 9.97 Å². The van der Waals surface area contributed by atoms with Crippen molar-refractivity contribution in [2.75, 3.05) is 11.5 Å². The van der Waals surface area contributed by atoms with Crippen molar-refractivity contribution in [2.45, 2.75) is 0 Å². The average molecular weight is 227 g/mol. The van der Waals surface area contributed by atoms with Crippen molar-refractivity contribution < 1.29 is 0 Å². The summed E-state index contributed by atoms with van der Waals surface area (Å²) in [7, 11) is 0. The largest absolute Gasteiger partial charge is 0.382 e. The quantitative estimate of drug-likeness (QED) is 0.780. The molecule has 0 fully saturated rings. The van der Waals surface area contributed by atoms with Crippen molar-refractivity contribution in [3.8, 4) is 10.6 Å². The second-order valence-corrected chi connectivity index (χ2v) is 4.35. The van der Waals surface area contributed by atoms with Crippen molar-refractivity contribution in [3.05, 3.63) is 22.7 Å². The lowest BCUT2D eigenvalue weighted by atomic mass is 10.3. The average Bonchev–Trinajstić information content (AvgIpc) is 2.56. The lowest BCUT2D eigenvalue weighted by Gasteiger charge is -2.01. The van der Waals surface area contributed by atoms with Crippen LogP contribution in [-0.2, 0) is 0 Å². The monoisotopic (exact) mass is 226 g/mol. The van der Waals surface area contributed by atoms with E-state index < -0.39 is 0 Å². The molecule has 2 aromatic heterocycles. The molecule has 0 unspecified atom stereocenters. The van der Waals surface area contributed by atoms with Crippen LogP contribution in [0.2, 0.25) is 4.34 Å². The molecule has 0 aliphatic heterocycles. The number of thiophene rings is 1. The van der Waals surface area contributed by atoms with Crippen LogP contribution >= 0.6 is 22.9 Å². The van der Waals surface area contributed by atoms with E-state index >= 15 is 0 Å². The van der Waals surface area contributed by atoms with Crippen molar-refractivity contribution in [3.63, 3.8) is 0 Å². The fourth-order valence-corrected chi connectivity index (χ4v) is 2.08. The molecule has 2 aromatic rings.